The normalized spacial score (nSPS) is 43.7. The molecule has 3 heteroatoms. The van der Waals surface area contributed by atoms with E-state index in [-0.39, 0.29) is 18.1 Å². The lowest BCUT2D eigenvalue weighted by molar-refractivity contribution is -0.139. The second-order valence-corrected chi connectivity index (χ2v) is 4.98. The predicted octanol–water partition coefficient (Wildman–Crippen LogP) is 1.33. The number of hydrogen-bond donors (Lipinski definition) is 1. The molecular weight excluding hydrogens is 178 g/mol. The van der Waals surface area contributed by atoms with E-state index >= 15 is 0 Å². The molecule has 3 nitrogen and oxygen atoms in total. The third-order valence-corrected chi connectivity index (χ3v) is 3.76. The highest BCUT2D eigenvalue weighted by Gasteiger charge is 2.43. The Balaban J connectivity index is 2.10. The Morgan fingerprint density at radius 1 is 1.50 bits per heavy atom. The van der Waals surface area contributed by atoms with Crippen molar-refractivity contribution in [2.45, 2.75) is 38.6 Å². The topological polar surface area (TPSA) is 38.3 Å². The van der Waals surface area contributed by atoms with Gasteiger partial charge in [0.15, 0.2) is 0 Å². The number of hydrogen-bond acceptors (Lipinski definition) is 2. The summed E-state index contributed by atoms with van der Waals surface area (Å²) in [6, 6.07) is 0. The van der Waals surface area contributed by atoms with Crippen LogP contribution in [-0.4, -0.2) is 24.7 Å². The molecule has 1 aliphatic heterocycles. The van der Waals surface area contributed by atoms with Crippen LogP contribution in [0.15, 0.2) is 0 Å². The van der Waals surface area contributed by atoms with E-state index in [4.69, 9.17) is 4.74 Å². The zero-order valence-electron chi connectivity index (χ0n) is 9.01. The Labute approximate surface area is 85.2 Å². The lowest BCUT2D eigenvalue weighted by Gasteiger charge is -2.47. The van der Waals surface area contributed by atoms with Crippen LogP contribution in [-0.2, 0) is 9.53 Å². The number of rotatable bonds is 0. The number of nitrogens with one attached hydrogen (secondary N) is 1. The Morgan fingerprint density at radius 3 is 2.93 bits per heavy atom. The molecule has 1 spiro atoms. The summed E-state index contributed by atoms with van der Waals surface area (Å²) in [4.78, 5) is 11.3. The van der Waals surface area contributed by atoms with Crippen molar-refractivity contribution in [3.63, 3.8) is 0 Å². The molecule has 3 unspecified atom stereocenters. The van der Waals surface area contributed by atoms with Crippen molar-refractivity contribution in [2.75, 3.05) is 13.2 Å². The van der Waals surface area contributed by atoms with Crippen molar-refractivity contribution >= 4 is 5.91 Å². The summed E-state index contributed by atoms with van der Waals surface area (Å²) in [6.07, 6.45) is 3.47. The van der Waals surface area contributed by atoms with Crippen LogP contribution in [0.3, 0.4) is 0 Å². The van der Waals surface area contributed by atoms with Gasteiger partial charge in [0.1, 0.15) is 6.61 Å². The van der Waals surface area contributed by atoms with Crippen LogP contribution in [0.1, 0.15) is 33.1 Å². The molecule has 1 N–H and O–H groups in total. The summed E-state index contributed by atoms with van der Waals surface area (Å²) >= 11 is 0. The molecule has 0 radical (unpaired) electrons. The average Bonchev–Trinajstić information content (AvgIpc) is 2.13. The van der Waals surface area contributed by atoms with E-state index in [0.29, 0.717) is 12.5 Å². The zero-order valence-corrected chi connectivity index (χ0v) is 9.01. The van der Waals surface area contributed by atoms with E-state index in [1.807, 2.05) is 0 Å². The van der Waals surface area contributed by atoms with Crippen molar-refractivity contribution in [1.82, 2.24) is 5.32 Å². The average molecular weight is 197 g/mol. The molecule has 0 aromatic rings. The van der Waals surface area contributed by atoms with Gasteiger partial charge in [0.05, 0.1) is 12.1 Å². The summed E-state index contributed by atoms with van der Waals surface area (Å²) < 4.78 is 5.37. The summed E-state index contributed by atoms with van der Waals surface area (Å²) in [7, 11) is 0. The molecule has 3 atom stereocenters. The minimum atomic E-state index is -0.0537. The van der Waals surface area contributed by atoms with Gasteiger partial charge in [0.25, 0.3) is 0 Å². The Hall–Kier alpha value is -0.570. The summed E-state index contributed by atoms with van der Waals surface area (Å²) in [6.45, 7) is 5.45. The molecule has 0 bridgehead atoms. The third-order valence-electron chi connectivity index (χ3n) is 3.76. The molecule has 2 rings (SSSR count). The van der Waals surface area contributed by atoms with Crippen molar-refractivity contribution in [3.05, 3.63) is 0 Å². The van der Waals surface area contributed by atoms with Gasteiger partial charge in [-0.1, -0.05) is 13.8 Å². The fourth-order valence-electron chi connectivity index (χ4n) is 2.77. The zero-order chi connectivity index (χ0) is 10.2. The van der Waals surface area contributed by atoms with Crippen LogP contribution in [0.5, 0.6) is 0 Å². The minimum absolute atomic E-state index is 0.0534. The third kappa shape index (κ3) is 1.65. The quantitative estimate of drug-likeness (QED) is 0.636. The number of carbonyl (C=O) groups excluding carboxylic acids is 1. The molecule has 1 amide bonds. The van der Waals surface area contributed by atoms with Gasteiger partial charge < -0.3 is 10.1 Å². The van der Waals surface area contributed by atoms with Crippen LogP contribution in [0.2, 0.25) is 0 Å². The van der Waals surface area contributed by atoms with Crippen LogP contribution in [0.25, 0.3) is 0 Å². The summed E-state index contributed by atoms with van der Waals surface area (Å²) in [5.41, 5.74) is -0.0537. The summed E-state index contributed by atoms with van der Waals surface area (Å²) in [5.74, 6) is 1.38. The van der Waals surface area contributed by atoms with Gasteiger partial charge in [-0.25, -0.2) is 0 Å². The van der Waals surface area contributed by atoms with Gasteiger partial charge in [-0.05, 0) is 31.1 Å². The first-order valence-electron chi connectivity index (χ1n) is 5.51. The van der Waals surface area contributed by atoms with Crippen LogP contribution < -0.4 is 5.32 Å². The van der Waals surface area contributed by atoms with Gasteiger partial charge in [0, 0.05) is 0 Å². The summed E-state index contributed by atoms with van der Waals surface area (Å²) in [5, 5.41) is 3.14. The second kappa shape index (κ2) is 3.54. The molecule has 1 saturated carbocycles. The molecular formula is C11H19NO2. The highest BCUT2D eigenvalue weighted by molar-refractivity contribution is 5.78. The molecule has 1 heterocycles. The van der Waals surface area contributed by atoms with Crippen molar-refractivity contribution in [2.24, 2.45) is 11.8 Å². The fraction of sp³-hybridized carbons (Fsp3) is 0.909. The first-order chi connectivity index (χ1) is 6.62. The first-order valence-corrected chi connectivity index (χ1v) is 5.51. The van der Waals surface area contributed by atoms with E-state index in [9.17, 15) is 4.79 Å². The van der Waals surface area contributed by atoms with Gasteiger partial charge >= 0.3 is 0 Å². The lowest BCUT2D eigenvalue weighted by atomic mass is 9.70. The van der Waals surface area contributed by atoms with E-state index in [0.717, 1.165) is 12.3 Å². The van der Waals surface area contributed by atoms with E-state index in [2.05, 4.69) is 19.2 Å². The Morgan fingerprint density at radius 2 is 2.29 bits per heavy atom. The number of morpholine rings is 1. The van der Waals surface area contributed by atoms with Crippen molar-refractivity contribution < 1.29 is 9.53 Å². The molecule has 0 aromatic heterocycles. The molecule has 2 aliphatic rings. The standard InChI is InChI=1S/C11H19NO2/c1-8-3-4-11(9(2)5-8)7-14-6-10(13)12-11/h8-9H,3-7H2,1-2H3,(H,12,13). The highest BCUT2D eigenvalue weighted by atomic mass is 16.5. The molecule has 1 saturated heterocycles. The minimum Gasteiger partial charge on any atom is -0.369 e. The lowest BCUT2D eigenvalue weighted by Crippen LogP contribution is -2.62. The second-order valence-electron chi connectivity index (χ2n) is 4.98. The SMILES string of the molecule is CC1CCC2(COCC(=O)N2)C(C)C1. The predicted molar refractivity (Wildman–Crippen MR) is 53.9 cm³/mol. The fourth-order valence-corrected chi connectivity index (χ4v) is 2.77. The first kappa shape index (κ1) is 9.97. The van der Waals surface area contributed by atoms with E-state index in [1.54, 1.807) is 0 Å². The van der Waals surface area contributed by atoms with Gasteiger partial charge in [-0.2, -0.15) is 0 Å². The van der Waals surface area contributed by atoms with Crippen LogP contribution >= 0.6 is 0 Å². The van der Waals surface area contributed by atoms with E-state index < -0.39 is 0 Å². The molecule has 2 fully saturated rings. The van der Waals surface area contributed by atoms with E-state index in [1.165, 1.54) is 12.8 Å². The smallest absolute Gasteiger partial charge is 0.246 e. The number of ether oxygens (including phenoxy) is 1. The monoisotopic (exact) mass is 197 g/mol. The van der Waals surface area contributed by atoms with Crippen molar-refractivity contribution in [1.29, 1.82) is 0 Å². The molecule has 80 valence electrons. The molecule has 1 aliphatic carbocycles. The highest BCUT2D eigenvalue weighted by Crippen LogP contribution is 2.37. The Kier molecular flexibility index (Phi) is 2.52. The number of amides is 1. The maximum atomic E-state index is 11.3. The molecule has 0 aromatic carbocycles. The van der Waals surface area contributed by atoms with Gasteiger partial charge in [-0.15, -0.1) is 0 Å². The maximum Gasteiger partial charge on any atom is 0.246 e. The number of carbonyl (C=O) groups is 1. The molecule has 14 heavy (non-hydrogen) atoms. The van der Waals surface area contributed by atoms with Gasteiger partial charge in [-0.3, -0.25) is 4.79 Å². The van der Waals surface area contributed by atoms with Crippen LogP contribution in [0.4, 0.5) is 0 Å². The largest absolute Gasteiger partial charge is 0.369 e. The van der Waals surface area contributed by atoms with Crippen molar-refractivity contribution in [3.8, 4) is 0 Å². The Bertz CT molecular complexity index is 241. The maximum absolute atomic E-state index is 11.3. The van der Waals surface area contributed by atoms with Crippen LogP contribution in [0, 0.1) is 11.8 Å². The van der Waals surface area contributed by atoms with Gasteiger partial charge in [0.2, 0.25) is 5.91 Å².